The standard InChI is InChI=1S/C12H13BrClN3O2/c13-8-4-7(5-9(14)6-8)12(18)17-3-1-2-10(17)11(15)16-19/h4-6,10,19H,1-3H2,(H2,15,16). The van der Waals surface area contributed by atoms with Crippen molar-refractivity contribution in [3.8, 4) is 0 Å². The van der Waals surface area contributed by atoms with E-state index in [4.69, 9.17) is 22.5 Å². The molecule has 1 aliphatic rings. The van der Waals surface area contributed by atoms with Crippen molar-refractivity contribution < 1.29 is 10.0 Å². The lowest BCUT2D eigenvalue weighted by molar-refractivity contribution is 0.0768. The van der Waals surface area contributed by atoms with E-state index in [9.17, 15) is 4.79 Å². The van der Waals surface area contributed by atoms with E-state index in [1.165, 1.54) is 0 Å². The third-order valence-electron chi connectivity index (χ3n) is 3.08. The summed E-state index contributed by atoms with van der Waals surface area (Å²) >= 11 is 9.24. The molecule has 1 aliphatic heterocycles. The topological polar surface area (TPSA) is 78.9 Å². The van der Waals surface area contributed by atoms with Crippen molar-refractivity contribution in [1.29, 1.82) is 0 Å². The third kappa shape index (κ3) is 3.01. The molecule has 1 unspecified atom stereocenters. The van der Waals surface area contributed by atoms with Crippen molar-refractivity contribution in [2.24, 2.45) is 10.9 Å². The Morgan fingerprint density at radius 1 is 1.53 bits per heavy atom. The van der Waals surface area contributed by atoms with Crippen molar-refractivity contribution in [1.82, 2.24) is 4.90 Å². The first-order chi connectivity index (χ1) is 9.02. The molecule has 2 rings (SSSR count). The van der Waals surface area contributed by atoms with Crippen molar-refractivity contribution in [3.63, 3.8) is 0 Å². The van der Waals surface area contributed by atoms with Crippen LogP contribution in [0.25, 0.3) is 0 Å². The number of carbonyl (C=O) groups excluding carboxylic acids is 1. The monoisotopic (exact) mass is 345 g/mol. The molecule has 1 saturated heterocycles. The van der Waals surface area contributed by atoms with Gasteiger partial charge in [0.15, 0.2) is 5.84 Å². The highest BCUT2D eigenvalue weighted by atomic mass is 79.9. The molecule has 0 aromatic heterocycles. The van der Waals surface area contributed by atoms with E-state index in [1.54, 1.807) is 23.1 Å². The van der Waals surface area contributed by atoms with Crippen LogP contribution in [0.3, 0.4) is 0 Å². The number of carbonyl (C=O) groups is 1. The molecule has 1 heterocycles. The average molecular weight is 347 g/mol. The fourth-order valence-corrected chi connectivity index (χ4v) is 3.09. The largest absolute Gasteiger partial charge is 0.409 e. The minimum atomic E-state index is -0.352. The SMILES string of the molecule is N/C(=N/O)C1CCCN1C(=O)c1cc(Cl)cc(Br)c1. The Bertz CT molecular complexity index is 515. The highest BCUT2D eigenvalue weighted by Crippen LogP contribution is 2.24. The number of amides is 1. The number of oxime groups is 1. The molecule has 19 heavy (non-hydrogen) atoms. The van der Waals surface area contributed by atoms with Crippen LogP contribution in [0.15, 0.2) is 27.8 Å². The molecule has 0 spiro atoms. The van der Waals surface area contributed by atoms with E-state index in [0.29, 0.717) is 23.6 Å². The van der Waals surface area contributed by atoms with Gasteiger partial charge in [0, 0.05) is 21.6 Å². The molecule has 1 fully saturated rings. The summed E-state index contributed by atoms with van der Waals surface area (Å²) in [6.45, 7) is 0.587. The molecule has 0 bridgehead atoms. The number of nitrogens with two attached hydrogens (primary N) is 1. The fraction of sp³-hybridized carbons (Fsp3) is 0.333. The molecular weight excluding hydrogens is 334 g/mol. The van der Waals surface area contributed by atoms with Crippen LogP contribution in [0.2, 0.25) is 5.02 Å². The van der Waals surface area contributed by atoms with Crippen LogP contribution in [-0.2, 0) is 0 Å². The van der Waals surface area contributed by atoms with E-state index in [0.717, 1.165) is 10.9 Å². The average Bonchev–Trinajstić information content (AvgIpc) is 2.84. The summed E-state index contributed by atoms with van der Waals surface area (Å²) in [6, 6.07) is 4.67. The van der Waals surface area contributed by atoms with Gasteiger partial charge in [0.25, 0.3) is 5.91 Å². The number of likely N-dealkylation sites (tertiary alicyclic amines) is 1. The molecule has 5 nitrogen and oxygen atoms in total. The fourth-order valence-electron chi connectivity index (χ4n) is 2.23. The minimum Gasteiger partial charge on any atom is -0.409 e. The summed E-state index contributed by atoms with van der Waals surface area (Å²) in [5.74, 6) is -0.107. The highest BCUT2D eigenvalue weighted by Gasteiger charge is 2.32. The van der Waals surface area contributed by atoms with Gasteiger partial charge in [-0.25, -0.2) is 0 Å². The Balaban J connectivity index is 2.28. The number of hydrogen-bond donors (Lipinski definition) is 2. The maximum absolute atomic E-state index is 12.4. The summed E-state index contributed by atoms with van der Waals surface area (Å²) in [6.07, 6.45) is 1.53. The molecule has 7 heteroatoms. The summed E-state index contributed by atoms with van der Waals surface area (Å²) < 4.78 is 0.739. The lowest BCUT2D eigenvalue weighted by atomic mass is 10.1. The predicted molar refractivity (Wildman–Crippen MR) is 76.6 cm³/mol. The molecule has 0 radical (unpaired) electrons. The van der Waals surface area contributed by atoms with E-state index in [1.807, 2.05) is 0 Å². The first-order valence-corrected chi connectivity index (χ1v) is 6.94. The normalized spacial score (nSPS) is 19.8. The van der Waals surface area contributed by atoms with Gasteiger partial charge in [0.2, 0.25) is 0 Å². The second kappa shape index (κ2) is 5.79. The molecule has 0 aliphatic carbocycles. The molecule has 1 aromatic rings. The van der Waals surface area contributed by atoms with Gasteiger partial charge < -0.3 is 15.8 Å². The van der Waals surface area contributed by atoms with Crippen molar-refractivity contribution in [3.05, 3.63) is 33.3 Å². The molecule has 3 N–H and O–H groups in total. The van der Waals surface area contributed by atoms with E-state index in [-0.39, 0.29) is 17.8 Å². The molecule has 0 saturated carbocycles. The van der Waals surface area contributed by atoms with Gasteiger partial charge >= 0.3 is 0 Å². The summed E-state index contributed by atoms with van der Waals surface area (Å²) in [7, 11) is 0. The van der Waals surface area contributed by atoms with Crippen LogP contribution in [0, 0.1) is 0 Å². The van der Waals surface area contributed by atoms with Gasteiger partial charge in [-0.2, -0.15) is 0 Å². The second-order valence-electron chi connectivity index (χ2n) is 4.34. The Kier molecular flexibility index (Phi) is 4.31. The van der Waals surface area contributed by atoms with Crippen LogP contribution in [0.4, 0.5) is 0 Å². The zero-order chi connectivity index (χ0) is 14.0. The van der Waals surface area contributed by atoms with Crippen molar-refractivity contribution >= 4 is 39.3 Å². The number of amidine groups is 1. The Morgan fingerprint density at radius 3 is 2.89 bits per heavy atom. The first kappa shape index (κ1) is 14.1. The number of hydrogen-bond acceptors (Lipinski definition) is 3. The second-order valence-corrected chi connectivity index (χ2v) is 5.69. The summed E-state index contributed by atoms with van der Waals surface area (Å²) in [4.78, 5) is 14.0. The first-order valence-electron chi connectivity index (χ1n) is 5.77. The van der Waals surface area contributed by atoms with Crippen molar-refractivity contribution in [2.45, 2.75) is 18.9 Å². The molecular formula is C12H13BrClN3O2. The Labute approximate surface area is 124 Å². The highest BCUT2D eigenvalue weighted by molar-refractivity contribution is 9.10. The lowest BCUT2D eigenvalue weighted by Gasteiger charge is -2.23. The molecule has 1 atom stereocenters. The van der Waals surface area contributed by atoms with Crippen molar-refractivity contribution in [2.75, 3.05) is 6.54 Å². The maximum Gasteiger partial charge on any atom is 0.254 e. The molecule has 1 amide bonds. The number of benzene rings is 1. The minimum absolute atomic E-state index is 0.0620. The number of nitrogens with zero attached hydrogens (tertiary/aromatic N) is 2. The van der Waals surface area contributed by atoms with Crippen LogP contribution >= 0.6 is 27.5 Å². The van der Waals surface area contributed by atoms with Crippen LogP contribution in [0.1, 0.15) is 23.2 Å². The number of rotatable bonds is 2. The van der Waals surface area contributed by atoms with Gasteiger partial charge in [-0.15, -0.1) is 0 Å². The Hall–Kier alpha value is -1.27. The van der Waals surface area contributed by atoms with Crippen LogP contribution in [-0.4, -0.2) is 34.4 Å². The zero-order valence-electron chi connectivity index (χ0n) is 10.0. The van der Waals surface area contributed by atoms with E-state index in [2.05, 4.69) is 21.1 Å². The summed E-state index contributed by atoms with van der Waals surface area (Å²) in [5.41, 5.74) is 6.10. The third-order valence-corrected chi connectivity index (χ3v) is 3.76. The Morgan fingerprint density at radius 2 is 2.26 bits per heavy atom. The maximum atomic E-state index is 12.4. The van der Waals surface area contributed by atoms with E-state index < -0.39 is 0 Å². The van der Waals surface area contributed by atoms with Crippen LogP contribution in [0.5, 0.6) is 0 Å². The molecule has 102 valence electrons. The number of halogens is 2. The van der Waals surface area contributed by atoms with Gasteiger partial charge in [-0.3, -0.25) is 4.79 Å². The lowest BCUT2D eigenvalue weighted by Crippen LogP contribution is -2.43. The van der Waals surface area contributed by atoms with E-state index >= 15 is 0 Å². The smallest absolute Gasteiger partial charge is 0.254 e. The summed E-state index contributed by atoms with van der Waals surface area (Å²) in [5, 5.41) is 12.2. The zero-order valence-corrected chi connectivity index (χ0v) is 12.4. The van der Waals surface area contributed by atoms with Crippen LogP contribution < -0.4 is 5.73 Å². The molecule has 1 aromatic carbocycles. The predicted octanol–water partition coefficient (Wildman–Crippen LogP) is 2.45. The van der Waals surface area contributed by atoms with Gasteiger partial charge in [0.1, 0.15) is 0 Å². The van der Waals surface area contributed by atoms with Gasteiger partial charge in [0.05, 0.1) is 6.04 Å². The quantitative estimate of drug-likeness (QED) is 0.374. The van der Waals surface area contributed by atoms with Gasteiger partial charge in [-0.1, -0.05) is 32.7 Å². The van der Waals surface area contributed by atoms with Gasteiger partial charge in [-0.05, 0) is 31.0 Å².